The normalized spacial score (nSPS) is 23.1. The molecule has 2 atom stereocenters. The Hall–Kier alpha value is -0.410. The maximum atomic E-state index is 13.0. The van der Waals surface area contributed by atoms with Crippen LogP contribution in [0.2, 0.25) is 0 Å². The van der Waals surface area contributed by atoms with Crippen molar-refractivity contribution in [3.63, 3.8) is 0 Å². The van der Waals surface area contributed by atoms with E-state index in [1.165, 1.54) is 0 Å². The molecule has 0 heterocycles. The molecule has 0 amide bonds. The van der Waals surface area contributed by atoms with E-state index in [-0.39, 0.29) is 12.8 Å². The molecule has 1 aliphatic rings. The summed E-state index contributed by atoms with van der Waals surface area (Å²) < 4.78 is 115. The van der Waals surface area contributed by atoms with Crippen molar-refractivity contribution in [2.45, 2.75) is 62.1 Å². The van der Waals surface area contributed by atoms with Gasteiger partial charge in [0, 0.05) is 0 Å². The summed E-state index contributed by atoms with van der Waals surface area (Å²) in [5.41, 5.74) is -1.38. The smallest absolute Gasteiger partial charge is 0.324 e. The zero-order valence-corrected chi connectivity index (χ0v) is 11.8. The van der Waals surface area contributed by atoms with Crippen LogP contribution in [-0.2, 0) is 9.09 Å². The van der Waals surface area contributed by atoms with Crippen LogP contribution in [0.5, 0.6) is 0 Å². The molecule has 1 saturated carbocycles. The lowest BCUT2D eigenvalue weighted by Crippen LogP contribution is -2.55. The van der Waals surface area contributed by atoms with Crippen molar-refractivity contribution in [2.75, 3.05) is 0 Å². The SMILES string of the molecule is O=P(O)(OC(C(F)(F)F)C(F)(F)C(F)(F)F)C1CCCCC1. The van der Waals surface area contributed by atoms with E-state index in [9.17, 15) is 44.6 Å². The summed E-state index contributed by atoms with van der Waals surface area (Å²) in [6.07, 6.45) is -16.3. The summed E-state index contributed by atoms with van der Waals surface area (Å²) in [6.45, 7) is 0. The third-order valence-electron chi connectivity index (χ3n) is 3.30. The summed E-state index contributed by atoms with van der Waals surface area (Å²) in [6, 6.07) is 0. The first-order valence-corrected chi connectivity index (χ1v) is 7.86. The molecule has 0 spiro atoms. The molecule has 0 saturated heterocycles. The summed E-state index contributed by atoms with van der Waals surface area (Å²) in [4.78, 5) is 9.43. The molecule has 132 valence electrons. The zero-order chi connectivity index (χ0) is 17.4. The zero-order valence-electron chi connectivity index (χ0n) is 10.9. The Kier molecular flexibility index (Phi) is 5.57. The average Bonchev–Trinajstić information content (AvgIpc) is 2.34. The lowest BCUT2D eigenvalue weighted by atomic mass is 10.0. The van der Waals surface area contributed by atoms with Gasteiger partial charge in [0.25, 0.3) is 0 Å². The molecule has 0 bridgehead atoms. The van der Waals surface area contributed by atoms with Crippen molar-refractivity contribution in [1.29, 1.82) is 0 Å². The molecule has 1 aliphatic carbocycles. The van der Waals surface area contributed by atoms with E-state index in [1.54, 1.807) is 0 Å². The molecule has 0 radical (unpaired) electrons. The average molecular weight is 364 g/mol. The Balaban J connectivity index is 3.07. The highest BCUT2D eigenvalue weighted by Crippen LogP contribution is 2.58. The van der Waals surface area contributed by atoms with E-state index >= 15 is 0 Å². The second-order valence-electron chi connectivity index (χ2n) is 5.00. The van der Waals surface area contributed by atoms with Gasteiger partial charge in [0.1, 0.15) is 0 Å². The molecule has 3 nitrogen and oxygen atoms in total. The van der Waals surface area contributed by atoms with Crippen molar-refractivity contribution in [1.82, 2.24) is 0 Å². The topological polar surface area (TPSA) is 46.5 Å². The van der Waals surface area contributed by atoms with Crippen molar-refractivity contribution in [3.8, 4) is 0 Å². The van der Waals surface area contributed by atoms with Gasteiger partial charge in [-0.3, -0.25) is 9.09 Å². The number of alkyl halides is 8. The number of hydrogen-bond donors (Lipinski definition) is 1. The first kappa shape index (κ1) is 19.6. The van der Waals surface area contributed by atoms with Crippen LogP contribution in [0, 0.1) is 0 Å². The minimum atomic E-state index is -6.57. The lowest BCUT2D eigenvalue weighted by Gasteiger charge is -2.34. The summed E-state index contributed by atoms with van der Waals surface area (Å²) >= 11 is 0. The van der Waals surface area contributed by atoms with E-state index in [2.05, 4.69) is 4.52 Å². The predicted molar refractivity (Wildman–Crippen MR) is 58.6 cm³/mol. The van der Waals surface area contributed by atoms with Crippen LogP contribution in [-0.4, -0.2) is 34.9 Å². The second kappa shape index (κ2) is 6.24. The van der Waals surface area contributed by atoms with E-state index in [0.29, 0.717) is 19.3 Å². The van der Waals surface area contributed by atoms with Crippen molar-refractivity contribution in [3.05, 3.63) is 0 Å². The maximum Gasteiger partial charge on any atom is 0.456 e. The molecule has 1 rings (SSSR count). The highest BCUT2D eigenvalue weighted by molar-refractivity contribution is 7.53. The Morgan fingerprint density at radius 2 is 1.41 bits per heavy atom. The van der Waals surface area contributed by atoms with Gasteiger partial charge in [0.15, 0.2) is 0 Å². The maximum absolute atomic E-state index is 13.0. The van der Waals surface area contributed by atoms with Crippen LogP contribution < -0.4 is 0 Å². The number of hydrogen-bond acceptors (Lipinski definition) is 2. The minimum Gasteiger partial charge on any atom is -0.324 e. The van der Waals surface area contributed by atoms with Gasteiger partial charge in [0.05, 0.1) is 5.66 Å². The van der Waals surface area contributed by atoms with Gasteiger partial charge in [-0.05, 0) is 12.8 Å². The predicted octanol–water partition coefficient (Wildman–Crippen LogP) is 4.65. The van der Waals surface area contributed by atoms with Gasteiger partial charge in [0.2, 0.25) is 6.10 Å². The Morgan fingerprint density at radius 3 is 1.77 bits per heavy atom. The van der Waals surface area contributed by atoms with E-state index in [0.717, 1.165) is 0 Å². The van der Waals surface area contributed by atoms with E-state index in [1.807, 2.05) is 0 Å². The minimum absolute atomic E-state index is 0.0735. The third kappa shape index (κ3) is 4.32. The van der Waals surface area contributed by atoms with Gasteiger partial charge in [-0.2, -0.15) is 35.1 Å². The van der Waals surface area contributed by atoms with E-state index < -0.39 is 37.6 Å². The van der Waals surface area contributed by atoms with E-state index in [4.69, 9.17) is 0 Å². The number of halogens is 8. The fraction of sp³-hybridized carbons (Fsp3) is 1.00. The fourth-order valence-corrected chi connectivity index (χ4v) is 3.87. The van der Waals surface area contributed by atoms with Crippen LogP contribution in [0.4, 0.5) is 35.1 Å². The van der Waals surface area contributed by atoms with Crippen LogP contribution in [0.1, 0.15) is 32.1 Å². The first-order valence-electron chi connectivity index (χ1n) is 6.21. The van der Waals surface area contributed by atoms with Crippen LogP contribution >= 0.6 is 7.60 Å². The molecular formula is C10H13F8O3P. The highest BCUT2D eigenvalue weighted by Gasteiger charge is 2.72. The lowest BCUT2D eigenvalue weighted by molar-refractivity contribution is -0.354. The van der Waals surface area contributed by atoms with Crippen molar-refractivity contribution in [2.24, 2.45) is 0 Å². The molecule has 0 aromatic rings. The molecule has 2 unspecified atom stereocenters. The highest BCUT2D eigenvalue weighted by atomic mass is 31.2. The Bertz CT molecular complexity index is 427. The molecule has 0 aromatic heterocycles. The van der Waals surface area contributed by atoms with Gasteiger partial charge in [-0.15, -0.1) is 0 Å². The van der Waals surface area contributed by atoms with Gasteiger partial charge in [-0.1, -0.05) is 19.3 Å². The van der Waals surface area contributed by atoms with Crippen LogP contribution in [0.15, 0.2) is 0 Å². The monoisotopic (exact) mass is 364 g/mol. The molecule has 0 aliphatic heterocycles. The largest absolute Gasteiger partial charge is 0.456 e. The van der Waals surface area contributed by atoms with Crippen LogP contribution in [0.3, 0.4) is 0 Å². The Labute approximate surface area is 120 Å². The summed E-state index contributed by atoms with van der Waals surface area (Å²) in [5, 5.41) is 0. The molecule has 1 fully saturated rings. The second-order valence-corrected chi connectivity index (χ2v) is 7.07. The van der Waals surface area contributed by atoms with Gasteiger partial charge < -0.3 is 4.89 Å². The quantitative estimate of drug-likeness (QED) is 0.584. The van der Waals surface area contributed by atoms with Gasteiger partial charge >= 0.3 is 25.9 Å². The van der Waals surface area contributed by atoms with Crippen molar-refractivity contribution < 1.29 is 49.1 Å². The third-order valence-corrected chi connectivity index (χ3v) is 5.25. The van der Waals surface area contributed by atoms with Gasteiger partial charge in [-0.25, -0.2) is 0 Å². The Morgan fingerprint density at radius 1 is 0.955 bits per heavy atom. The summed E-state index contributed by atoms with van der Waals surface area (Å²) in [7, 11) is -5.29. The number of rotatable bonds is 4. The molecular weight excluding hydrogens is 351 g/mol. The molecule has 1 N–H and O–H groups in total. The molecule has 22 heavy (non-hydrogen) atoms. The molecule has 12 heteroatoms. The van der Waals surface area contributed by atoms with Crippen molar-refractivity contribution >= 4 is 7.60 Å². The fourth-order valence-electron chi connectivity index (χ4n) is 2.12. The van der Waals surface area contributed by atoms with Crippen LogP contribution in [0.25, 0.3) is 0 Å². The first-order chi connectivity index (χ1) is 9.69. The molecule has 0 aromatic carbocycles. The summed E-state index contributed by atoms with van der Waals surface area (Å²) in [5.74, 6) is -6.34. The standard InChI is InChI=1S/C10H13F8O3P/c11-8(12,10(16,17)18)7(9(13,14)15)21-22(19,20)6-4-2-1-3-5-6/h6-7H,1-5H2,(H,19,20).